The van der Waals surface area contributed by atoms with Gasteiger partial charge in [-0.1, -0.05) is 11.3 Å². The Labute approximate surface area is 220 Å². The number of sulfone groups is 2. The Bertz CT molecular complexity index is 1460. The number of thiazole rings is 1. The van der Waals surface area contributed by atoms with Gasteiger partial charge in [-0.15, -0.1) is 0 Å². The zero-order valence-electron chi connectivity index (χ0n) is 20.6. The molecule has 0 bridgehead atoms. The van der Waals surface area contributed by atoms with E-state index in [0.717, 1.165) is 19.3 Å². The van der Waals surface area contributed by atoms with E-state index >= 15 is 0 Å². The number of aromatic nitrogens is 1. The van der Waals surface area contributed by atoms with E-state index in [2.05, 4.69) is 9.88 Å². The van der Waals surface area contributed by atoms with Gasteiger partial charge in [0.15, 0.2) is 24.8 Å². The molecule has 1 aromatic heterocycles. The highest BCUT2D eigenvalue weighted by molar-refractivity contribution is 7.91. The summed E-state index contributed by atoms with van der Waals surface area (Å²) in [5.41, 5.74) is 0.572. The Kier molecular flexibility index (Phi) is 8.49. The lowest BCUT2D eigenvalue weighted by atomic mass is 10.3. The first-order valence-corrected chi connectivity index (χ1v) is 16.0. The number of amides is 1. The van der Waals surface area contributed by atoms with Gasteiger partial charge >= 0.3 is 0 Å². The molecule has 10 nitrogen and oxygen atoms in total. The third-order valence-corrected chi connectivity index (χ3v) is 9.94. The summed E-state index contributed by atoms with van der Waals surface area (Å²) in [5.74, 6) is -0.179. The summed E-state index contributed by atoms with van der Waals surface area (Å²) in [6.45, 7) is 3.61. The van der Waals surface area contributed by atoms with Crippen molar-refractivity contribution in [2.24, 2.45) is 0 Å². The molecule has 37 heavy (non-hydrogen) atoms. The van der Waals surface area contributed by atoms with Crippen LogP contribution in [-0.4, -0.2) is 91.1 Å². The van der Waals surface area contributed by atoms with Crippen molar-refractivity contribution in [3.63, 3.8) is 0 Å². The van der Waals surface area contributed by atoms with E-state index in [-0.39, 0.29) is 27.9 Å². The first-order chi connectivity index (χ1) is 17.6. The van der Waals surface area contributed by atoms with Crippen LogP contribution in [0.1, 0.15) is 6.42 Å². The van der Waals surface area contributed by atoms with Crippen molar-refractivity contribution in [2.45, 2.75) is 16.2 Å². The van der Waals surface area contributed by atoms with Crippen molar-refractivity contribution in [1.29, 1.82) is 0 Å². The highest BCUT2D eigenvalue weighted by atomic mass is 32.2. The molecule has 2 heterocycles. The zero-order valence-corrected chi connectivity index (χ0v) is 23.1. The summed E-state index contributed by atoms with van der Waals surface area (Å²) in [6.07, 6.45) is 0.916. The molecule has 1 aliphatic heterocycles. The standard InChI is InChI=1S/C24H29N3O7S3/c1-33-18-3-5-19(6-4-18)37(31,32)16-9-23(28)27(11-10-26-12-14-34-15-13-26)24-25-21-8-7-20(36(2,29)30)17-22(21)35-24/h3-8,17H,9-16H2,1-2H3. The van der Waals surface area contributed by atoms with Gasteiger partial charge in [0.2, 0.25) is 5.91 Å². The first kappa shape index (κ1) is 27.5. The van der Waals surface area contributed by atoms with Crippen molar-refractivity contribution in [2.75, 3.05) is 63.4 Å². The van der Waals surface area contributed by atoms with E-state index < -0.39 is 19.7 Å². The monoisotopic (exact) mass is 567 g/mol. The molecule has 1 saturated heterocycles. The van der Waals surface area contributed by atoms with Gasteiger partial charge in [0.1, 0.15) is 5.75 Å². The number of ether oxygens (including phenoxy) is 2. The van der Waals surface area contributed by atoms with Crippen molar-refractivity contribution < 1.29 is 31.1 Å². The quantitative estimate of drug-likeness (QED) is 0.363. The number of rotatable bonds is 10. The fraction of sp³-hybridized carbons (Fsp3) is 0.417. The smallest absolute Gasteiger partial charge is 0.229 e. The zero-order chi connectivity index (χ0) is 26.6. The third kappa shape index (κ3) is 6.85. The molecule has 13 heteroatoms. The molecule has 2 aromatic carbocycles. The number of carbonyl (C=O) groups excluding carboxylic acids is 1. The summed E-state index contributed by atoms with van der Waals surface area (Å²) in [6, 6.07) is 10.7. The second-order valence-electron chi connectivity index (χ2n) is 8.64. The summed E-state index contributed by atoms with van der Waals surface area (Å²) < 4.78 is 60.8. The van der Waals surface area contributed by atoms with Gasteiger partial charge < -0.3 is 9.47 Å². The van der Waals surface area contributed by atoms with E-state index in [0.29, 0.717) is 47.4 Å². The van der Waals surface area contributed by atoms with Gasteiger partial charge in [0.05, 0.1) is 46.1 Å². The van der Waals surface area contributed by atoms with Crippen LogP contribution < -0.4 is 9.64 Å². The molecule has 1 fully saturated rings. The van der Waals surface area contributed by atoms with Crippen LogP contribution in [0.3, 0.4) is 0 Å². The minimum atomic E-state index is -3.69. The van der Waals surface area contributed by atoms with Gasteiger partial charge in [-0.25, -0.2) is 21.8 Å². The predicted octanol–water partition coefficient (Wildman–Crippen LogP) is 2.24. The molecular weight excluding hydrogens is 538 g/mol. The molecule has 1 amide bonds. The number of carbonyl (C=O) groups is 1. The average molecular weight is 568 g/mol. The molecule has 200 valence electrons. The Hall–Kier alpha value is -2.58. The van der Waals surface area contributed by atoms with Crippen LogP contribution in [0.5, 0.6) is 5.75 Å². The van der Waals surface area contributed by atoms with Crippen molar-refractivity contribution >= 4 is 52.3 Å². The molecule has 0 aliphatic carbocycles. The number of methoxy groups -OCH3 is 1. The van der Waals surface area contributed by atoms with Crippen LogP contribution in [-0.2, 0) is 29.2 Å². The van der Waals surface area contributed by atoms with Crippen LogP contribution in [0.2, 0.25) is 0 Å². The molecule has 4 rings (SSSR count). The number of benzene rings is 2. The minimum Gasteiger partial charge on any atom is -0.497 e. The Balaban J connectivity index is 1.55. The fourth-order valence-corrected chi connectivity index (χ4v) is 6.89. The van der Waals surface area contributed by atoms with Crippen LogP contribution >= 0.6 is 11.3 Å². The molecule has 3 aromatic rings. The van der Waals surface area contributed by atoms with Crippen LogP contribution in [0, 0.1) is 0 Å². The third-order valence-electron chi connectivity index (χ3n) is 6.06. The number of hydrogen-bond acceptors (Lipinski definition) is 10. The van der Waals surface area contributed by atoms with Crippen molar-refractivity contribution in [3.8, 4) is 5.75 Å². The second-order valence-corrected chi connectivity index (χ2v) is 13.8. The molecule has 1 aliphatic rings. The Morgan fingerprint density at radius 2 is 1.76 bits per heavy atom. The number of anilines is 1. The van der Waals surface area contributed by atoms with E-state index in [9.17, 15) is 21.6 Å². The molecule has 0 N–H and O–H groups in total. The maximum Gasteiger partial charge on any atom is 0.229 e. The molecular formula is C24H29N3O7S3. The van der Waals surface area contributed by atoms with Gasteiger partial charge in [0.25, 0.3) is 0 Å². The topological polar surface area (TPSA) is 123 Å². The molecule has 0 saturated carbocycles. The fourth-order valence-electron chi connectivity index (χ4n) is 3.89. The Morgan fingerprint density at radius 1 is 1.08 bits per heavy atom. The largest absolute Gasteiger partial charge is 0.497 e. The minimum absolute atomic E-state index is 0.120. The number of hydrogen-bond donors (Lipinski definition) is 0. The maximum absolute atomic E-state index is 13.4. The molecule has 0 radical (unpaired) electrons. The molecule has 0 unspecified atom stereocenters. The SMILES string of the molecule is COc1ccc(S(=O)(=O)CCC(=O)N(CCN2CCOCC2)c2nc3ccc(S(C)(=O)=O)cc3s2)cc1. The first-order valence-electron chi connectivity index (χ1n) is 11.6. The number of fused-ring (bicyclic) bond motifs is 1. The summed E-state index contributed by atoms with van der Waals surface area (Å²) in [4.78, 5) is 21.9. The van der Waals surface area contributed by atoms with Crippen LogP contribution in [0.25, 0.3) is 10.2 Å². The van der Waals surface area contributed by atoms with Crippen LogP contribution in [0.4, 0.5) is 5.13 Å². The normalized spacial score (nSPS) is 15.1. The average Bonchev–Trinajstić information content (AvgIpc) is 3.31. The lowest BCUT2D eigenvalue weighted by Gasteiger charge is -2.29. The van der Waals surface area contributed by atoms with Crippen molar-refractivity contribution in [1.82, 2.24) is 9.88 Å². The van der Waals surface area contributed by atoms with E-state index in [1.165, 1.54) is 41.5 Å². The van der Waals surface area contributed by atoms with Crippen molar-refractivity contribution in [3.05, 3.63) is 42.5 Å². The predicted molar refractivity (Wildman–Crippen MR) is 142 cm³/mol. The Morgan fingerprint density at radius 3 is 2.41 bits per heavy atom. The molecule has 0 atom stereocenters. The van der Waals surface area contributed by atoms with E-state index in [4.69, 9.17) is 9.47 Å². The van der Waals surface area contributed by atoms with E-state index in [1.54, 1.807) is 24.3 Å². The van der Waals surface area contributed by atoms with Gasteiger partial charge in [-0.3, -0.25) is 14.6 Å². The summed E-state index contributed by atoms with van der Waals surface area (Å²) in [7, 11) is -5.59. The van der Waals surface area contributed by atoms with Gasteiger partial charge in [-0.2, -0.15) is 0 Å². The molecule has 0 spiro atoms. The highest BCUT2D eigenvalue weighted by Gasteiger charge is 2.25. The lowest BCUT2D eigenvalue weighted by Crippen LogP contribution is -2.43. The number of morpholine rings is 1. The van der Waals surface area contributed by atoms with Gasteiger partial charge in [-0.05, 0) is 42.5 Å². The second kappa shape index (κ2) is 11.4. The number of nitrogens with zero attached hydrogens (tertiary/aromatic N) is 3. The summed E-state index contributed by atoms with van der Waals surface area (Å²) >= 11 is 1.21. The van der Waals surface area contributed by atoms with Gasteiger partial charge in [0, 0.05) is 38.9 Å². The van der Waals surface area contributed by atoms with E-state index in [1.807, 2.05) is 0 Å². The summed E-state index contributed by atoms with van der Waals surface area (Å²) in [5, 5.41) is 0.403. The van der Waals surface area contributed by atoms with Crippen LogP contribution in [0.15, 0.2) is 52.3 Å². The highest BCUT2D eigenvalue weighted by Crippen LogP contribution is 2.31. The lowest BCUT2D eigenvalue weighted by molar-refractivity contribution is -0.118. The maximum atomic E-state index is 13.4.